The monoisotopic (exact) mass is 297 g/mol. The summed E-state index contributed by atoms with van der Waals surface area (Å²) < 4.78 is 50.0. The fourth-order valence-corrected chi connectivity index (χ4v) is 2.26. The van der Waals surface area contributed by atoms with Crippen molar-refractivity contribution in [2.45, 2.75) is 50.3 Å². The molecule has 1 heterocycles. The van der Waals surface area contributed by atoms with E-state index in [9.17, 15) is 18.0 Å². The van der Waals surface area contributed by atoms with Crippen molar-refractivity contribution >= 4 is 5.91 Å². The Morgan fingerprint density at radius 3 is 2.65 bits per heavy atom. The lowest BCUT2D eigenvalue weighted by molar-refractivity contribution is -0.357. The van der Waals surface area contributed by atoms with Gasteiger partial charge in [0.25, 0.3) is 0 Å². The predicted molar refractivity (Wildman–Crippen MR) is 61.9 cm³/mol. The first kappa shape index (κ1) is 15.5. The number of halogens is 3. The third-order valence-corrected chi connectivity index (χ3v) is 3.33. The summed E-state index contributed by atoms with van der Waals surface area (Å²) in [5, 5.41) is 2.77. The summed E-state index contributed by atoms with van der Waals surface area (Å²) in [5.41, 5.74) is 0. The lowest BCUT2D eigenvalue weighted by Gasteiger charge is -2.35. The second-order valence-corrected chi connectivity index (χ2v) is 5.07. The summed E-state index contributed by atoms with van der Waals surface area (Å²) >= 11 is 0. The Morgan fingerprint density at radius 2 is 2.05 bits per heavy atom. The van der Waals surface area contributed by atoms with Crippen LogP contribution < -0.4 is 5.32 Å². The molecule has 0 radical (unpaired) electrons. The Balaban J connectivity index is 1.54. The van der Waals surface area contributed by atoms with Gasteiger partial charge in [-0.2, -0.15) is 0 Å². The summed E-state index contributed by atoms with van der Waals surface area (Å²) in [7, 11) is 0. The average Bonchev–Trinajstić information content (AvgIpc) is 2.32. The molecule has 0 aromatic heterocycles. The van der Waals surface area contributed by atoms with Crippen molar-refractivity contribution in [3.8, 4) is 0 Å². The summed E-state index contributed by atoms with van der Waals surface area (Å²) in [6, 6.07) is 0.00236. The number of nitrogens with one attached hydrogen (secondary N) is 1. The molecule has 1 aliphatic heterocycles. The average molecular weight is 297 g/mol. The van der Waals surface area contributed by atoms with Crippen LogP contribution in [0.2, 0.25) is 0 Å². The molecule has 0 bridgehead atoms. The molecule has 1 amide bonds. The van der Waals surface area contributed by atoms with Crippen LogP contribution in [0.1, 0.15) is 25.7 Å². The predicted octanol–water partition coefficient (Wildman–Crippen LogP) is 1.37. The minimum Gasteiger partial charge on any atom is -0.379 e. The van der Waals surface area contributed by atoms with Gasteiger partial charge in [-0.15, -0.1) is 13.2 Å². The largest absolute Gasteiger partial charge is 0.522 e. The van der Waals surface area contributed by atoms with Crippen LogP contribution in [0, 0.1) is 0 Å². The molecule has 1 atom stereocenters. The van der Waals surface area contributed by atoms with Crippen molar-refractivity contribution < 1.29 is 32.2 Å². The lowest BCUT2D eigenvalue weighted by Crippen LogP contribution is -2.45. The second-order valence-electron chi connectivity index (χ2n) is 5.07. The zero-order valence-electron chi connectivity index (χ0n) is 10.9. The number of rotatable bonds is 5. The molecule has 1 saturated heterocycles. The van der Waals surface area contributed by atoms with Crippen LogP contribution in [-0.2, 0) is 19.0 Å². The van der Waals surface area contributed by atoms with Crippen molar-refractivity contribution in [1.29, 1.82) is 0 Å². The van der Waals surface area contributed by atoms with E-state index >= 15 is 0 Å². The van der Waals surface area contributed by atoms with Gasteiger partial charge in [0, 0.05) is 19.4 Å². The summed E-state index contributed by atoms with van der Waals surface area (Å²) in [5.74, 6) is -0.263. The van der Waals surface area contributed by atoms with E-state index in [1.165, 1.54) is 0 Å². The van der Waals surface area contributed by atoms with Gasteiger partial charge in [-0.05, 0) is 12.8 Å². The van der Waals surface area contributed by atoms with E-state index in [0.717, 1.165) is 12.8 Å². The number of hydrogen-bond acceptors (Lipinski definition) is 4. The van der Waals surface area contributed by atoms with E-state index < -0.39 is 12.5 Å². The highest BCUT2D eigenvalue weighted by Gasteiger charge is 2.40. The molecule has 2 rings (SSSR count). The Kier molecular flexibility index (Phi) is 5.22. The smallest absolute Gasteiger partial charge is 0.379 e. The van der Waals surface area contributed by atoms with Crippen LogP contribution in [0.5, 0.6) is 0 Å². The molecule has 116 valence electrons. The Labute approximate surface area is 114 Å². The van der Waals surface area contributed by atoms with Crippen molar-refractivity contribution in [2.24, 2.45) is 0 Å². The van der Waals surface area contributed by atoms with Gasteiger partial charge < -0.3 is 14.8 Å². The number of amides is 1. The highest BCUT2D eigenvalue weighted by molar-refractivity contribution is 5.77. The van der Waals surface area contributed by atoms with Crippen molar-refractivity contribution in [3.63, 3.8) is 0 Å². The first-order valence-corrected chi connectivity index (χ1v) is 6.65. The van der Waals surface area contributed by atoms with Gasteiger partial charge in [-0.3, -0.25) is 9.53 Å². The first-order chi connectivity index (χ1) is 9.42. The first-order valence-electron chi connectivity index (χ1n) is 6.65. The molecule has 8 heteroatoms. The number of hydrogen-bond donors (Lipinski definition) is 1. The SMILES string of the molecule is O=C(COC1CC(OC(F)(F)F)C1)N[C@H]1CCCOC1. The van der Waals surface area contributed by atoms with Gasteiger partial charge >= 0.3 is 6.36 Å². The Bertz CT molecular complexity index is 325. The zero-order chi connectivity index (χ0) is 14.6. The molecule has 0 aromatic carbocycles. The summed E-state index contributed by atoms with van der Waals surface area (Å²) in [6.07, 6.45) is -3.68. The van der Waals surface area contributed by atoms with E-state index in [0.29, 0.717) is 13.2 Å². The third kappa shape index (κ3) is 5.26. The van der Waals surface area contributed by atoms with E-state index in [4.69, 9.17) is 9.47 Å². The zero-order valence-corrected chi connectivity index (χ0v) is 10.9. The highest BCUT2D eigenvalue weighted by atomic mass is 19.4. The number of ether oxygens (including phenoxy) is 3. The molecule has 1 saturated carbocycles. The van der Waals surface area contributed by atoms with Crippen molar-refractivity contribution in [3.05, 3.63) is 0 Å². The number of carbonyl (C=O) groups excluding carboxylic acids is 1. The fourth-order valence-electron chi connectivity index (χ4n) is 2.26. The lowest BCUT2D eigenvalue weighted by atomic mass is 9.92. The van der Waals surface area contributed by atoms with Crippen LogP contribution in [-0.4, -0.2) is 50.3 Å². The van der Waals surface area contributed by atoms with E-state index in [1.807, 2.05) is 0 Å². The molecule has 2 aliphatic rings. The molecule has 5 nitrogen and oxygen atoms in total. The quantitative estimate of drug-likeness (QED) is 0.832. The van der Waals surface area contributed by atoms with Gasteiger partial charge in [-0.25, -0.2) is 0 Å². The topological polar surface area (TPSA) is 56.8 Å². The molecular weight excluding hydrogens is 279 g/mol. The number of alkyl halides is 3. The van der Waals surface area contributed by atoms with E-state index in [1.54, 1.807) is 0 Å². The van der Waals surface area contributed by atoms with Crippen LogP contribution in [0.3, 0.4) is 0 Å². The fraction of sp³-hybridized carbons (Fsp3) is 0.917. The normalized spacial score (nSPS) is 30.6. The maximum Gasteiger partial charge on any atom is 0.522 e. The molecule has 1 N–H and O–H groups in total. The van der Waals surface area contributed by atoms with E-state index in [-0.39, 0.29) is 37.5 Å². The molecule has 1 aliphatic carbocycles. The minimum atomic E-state index is -4.60. The maximum absolute atomic E-state index is 11.9. The molecule has 0 aromatic rings. The van der Waals surface area contributed by atoms with Gasteiger partial charge in [0.05, 0.1) is 24.9 Å². The summed E-state index contributed by atoms with van der Waals surface area (Å²) in [4.78, 5) is 11.6. The van der Waals surface area contributed by atoms with Crippen LogP contribution in [0.25, 0.3) is 0 Å². The minimum absolute atomic E-state index is 0.00236. The van der Waals surface area contributed by atoms with Gasteiger partial charge in [-0.1, -0.05) is 0 Å². The van der Waals surface area contributed by atoms with Gasteiger partial charge in [0.2, 0.25) is 5.91 Å². The third-order valence-electron chi connectivity index (χ3n) is 3.33. The maximum atomic E-state index is 11.9. The Morgan fingerprint density at radius 1 is 1.30 bits per heavy atom. The molecule has 20 heavy (non-hydrogen) atoms. The van der Waals surface area contributed by atoms with Crippen LogP contribution in [0.4, 0.5) is 13.2 Å². The molecular formula is C12H18F3NO4. The highest BCUT2D eigenvalue weighted by Crippen LogP contribution is 2.31. The Hall–Kier alpha value is -0.860. The molecule has 2 fully saturated rings. The standard InChI is InChI=1S/C12H18F3NO4/c13-12(14,15)20-10-4-9(5-10)19-7-11(17)16-8-2-1-3-18-6-8/h8-10H,1-7H2,(H,16,17)/t8-,9?,10?/m0/s1. The number of carbonyl (C=O) groups is 1. The van der Waals surface area contributed by atoms with Crippen molar-refractivity contribution in [1.82, 2.24) is 5.32 Å². The van der Waals surface area contributed by atoms with Gasteiger partial charge in [0.1, 0.15) is 6.61 Å². The van der Waals surface area contributed by atoms with Crippen LogP contribution in [0.15, 0.2) is 0 Å². The molecule has 0 unspecified atom stereocenters. The van der Waals surface area contributed by atoms with Crippen molar-refractivity contribution in [2.75, 3.05) is 19.8 Å². The molecule has 0 spiro atoms. The van der Waals surface area contributed by atoms with Crippen LogP contribution >= 0.6 is 0 Å². The second kappa shape index (κ2) is 6.73. The van der Waals surface area contributed by atoms with E-state index in [2.05, 4.69) is 10.1 Å². The summed E-state index contributed by atoms with van der Waals surface area (Å²) in [6.45, 7) is 1.07. The van der Waals surface area contributed by atoms with Gasteiger partial charge in [0.15, 0.2) is 0 Å².